The van der Waals surface area contributed by atoms with E-state index in [1.807, 2.05) is 4.57 Å². The van der Waals surface area contributed by atoms with Crippen LogP contribution in [0.25, 0.3) is 0 Å². The smallest absolute Gasteiger partial charge is 0.408 e. The Morgan fingerprint density at radius 3 is 2.36 bits per heavy atom. The van der Waals surface area contributed by atoms with Gasteiger partial charge in [-0.05, 0) is 45.6 Å². The summed E-state index contributed by atoms with van der Waals surface area (Å²) in [4.78, 5) is 28.6. The first kappa shape index (κ1) is 26.4. The highest BCUT2D eigenvalue weighted by Crippen LogP contribution is 2.13. The van der Waals surface area contributed by atoms with Gasteiger partial charge < -0.3 is 19.4 Å². The molecule has 33 heavy (non-hydrogen) atoms. The van der Waals surface area contributed by atoms with Crippen LogP contribution in [0.1, 0.15) is 70.6 Å². The van der Waals surface area contributed by atoms with E-state index >= 15 is 0 Å². The van der Waals surface area contributed by atoms with Crippen LogP contribution >= 0.6 is 0 Å². The average Bonchev–Trinajstić information content (AvgIpc) is 3.20. The molecule has 0 saturated carbocycles. The molecule has 0 aliphatic heterocycles. The number of benzene rings is 1. The molecule has 2 aromatic rings. The van der Waals surface area contributed by atoms with Crippen molar-refractivity contribution in [2.45, 2.75) is 90.3 Å². The largest absolute Gasteiger partial charge is 0.467 e. The van der Waals surface area contributed by atoms with Crippen molar-refractivity contribution < 1.29 is 19.1 Å². The van der Waals surface area contributed by atoms with Crippen LogP contribution in [0.2, 0.25) is 0 Å². The zero-order valence-electron chi connectivity index (χ0n) is 20.5. The molecule has 0 bridgehead atoms. The first-order chi connectivity index (χ1) is 15.8. The molecule has 0 radical (unpaired) electrons. The number of aryl methyl sites for hydroxylation is 2. The van der Waals surface area contributed by atoms with Gasteiger partial charge >= 0.3 is 12.1 Å². The van der Waals surface area contributed by atoms with Gasteiger partial charge in [-0.3, -0.25) is 0 Å². The number of rotatable bonds is 13. The van der Waals surface area contributed by atoms with Crippen LogP contribution in [0.15, 0.2) is 42.9 Å². The van der Waals surface area contributed by atoms with Crippen molar-refractivity contribution in [1.29, 1.82) is 0 Å². The van der Waals surface area contributed by atoms with Gasteiger partial charge in [-0.15, -0.1) is 0 Å². The second-order valence-corrected chi connectivity index (χ2v) is 9.36. The fraction of sp³-hybridized carbons (Fsp3) is 0.577. The summed E-state index contributed by atoms with van der Waals surface area (Å²) in [6, 6.07) is 9.81. The normalized spacial score (nSPS) is 12.2. The molecule has 0 saturated heterocycles. The zero-order chi connectivity index (χ0) is 24.1. The Labute approximate surface area is 197 Å². The number of nitrogens with zero attached hydrogens (tertiary/aromatic N) is 2. The molecule has 0 spiro atoms. The number of unbranched alkanes of at least 4 members (excludes halogenated alkanes) is 5. The van der Waals surface area contributed by atoms with Crippen LogP contribution in [-0.2, 0) is 33.7 Å². The van der Waals surface area contributed by atoms with E-state index in [2.05, 4.69) is 40.6 Å². The van der Waals surface area contributed by atoms with Gasteiger partial charge in [0, 0.05) is 24.9 Å². The molecule has 0 unspecified atom stereocenters. The molecule has 1 amide bonds. The van der Waals surface area contributed by atoms with Crippen molar-refractivity contribution >= 4 is 12.1 Å². The second kappa shape index (κ2) is 13.7. The summed E-state index contributed by atoms with van der Waals surface area (Å²) < 4.78 is 12.2. The third-order valence-corrected chi connectivity index (χ3v) is 5.35. The quantitative estimate of drug-likeness (QED) is 0.335. The van der Waals surface area contributed by atoms with E-state index in [0.29, 0.717) is 6.42 Å². The van der Waals surface area contributed by atoms with Crippen molar-refractivity contribution in [3.8, 4) is 0 Å². The molecule has 1 aromatic carbocycles. The van der Waals surface area contributed by atoms with Crippen LogP contribution in [0.5, 0.6) is 0 Å². The van der Waals surface area contributed by atoms with Crippen molar-refractivity contribution in [2.24, 2.45) is 0 Å². The Bertz CT molecular complexity index is 843. The number of hydrogen-bond donors (Lipinski definition) is 1. The predicted molar refractivity (Wildman–Crippen MR) is 129 cm³/mol. The summed E-state index contributed by atoms with van der Waals surface area (Å²) in [6.07, 6.45) is 11.5. The number of alkyl carbamates (subject to hydrolysis) is 1. The van der Waals surface area contributed by atoms with Gasteiger partial charge in [0.2, 0.25) is 0 Å². The average molecular weight is 458 g/mol. The predicted octanol–water partition coefficient (Wildman–Crippen LogP) is 5.08. The van der Waals surface area contributed by atoms with Crippen LogP contribution in [0.3, 0.4) is 0 Å². The van der Waals surface area contributed by atoms with Crippen molar-refractivity contribution in [3.05, 3.63) is 54.1 Å². The van der Waals surface area contributed by atoms with Crippen LogP contribution < -0.4 is 5.32 Å². The van der Waals surface area contributed by atoms with E-state index in [1.54, 1.807) is 33.3 Å². The molecule has 0 aliphatic rings. The summed E-state index contributed by atoms with van der Waals surface area (Å²) in [7, 11) is 1.31. The molecule has 1 aromatic heterocycles. The maximum absolute atomic E-state index is 12.2. The van der Waals surface area contributed by atoms with Gasteiger partial charge in [0.25, 0.3) is 0 Å². The van der Waals surface area contributed by atoms with E-state index in [0.717, 1.165) is 31.5 Å². The van der Waals surface area contributed by atoms with Crippen LogP contribution in [-0.4, -0.2) is 40.4 Å². The first-order valence-corrected chi connectivity index (χ1v) is 11.9. The molecule has 2 rings (SSSR count). The van der Waals surface area contributed by atoms with Gasteiger partial charge in [0.1, 0.15) is 11.6 Å². The summed E-state index contributed by atoms with van der Waals surface area (Å²) in [5.41, 5.74) is 1.65. The van der Waals surface area contributed by atoms with Crippen molar-refractivity contribution in [3.63, 3.8) is 0 Å². The first-order valence-electron chi connectivity index (χ1n) is 11.9. The molecule has 1 atom stereocenters. The number of methoxy groups -OCH3 is 1. The van der Waals surface area contributed by atoms with Crippen molar-refractivity contribution in [2.75, 3.05) is 7.11 Å². The van der Waals surface area contributed by atoms with E-state index in [4.69, 9.17) is 9.47 Å². The molecule has 1 N–H and O–H groups in total. The monoisotopic (exact) mass is 457 g/mol. The third kappa shape index (κ3) is 10.6. The van der Waals surface area contributed by atoms with E-state index in [9.17, 15) is 9.59 Å². The molecule has 182 valence electrons. The number of aromatic nitrogens is 2. The summed E-state index contributed by atoms with van der Waals surface area (Å²) in [5, 5.41) is 2.62. The van der Waals surface area contributed by atoms with Crippen LogP contribution in [0.4, 0.5) is 4.79 Å². The summed E-state index contributed by atoms with van der Waals surface area (Å²) in [5.74, 6) is -0.510. The number of carbonyl (C=O) groups is 2. The molecule has 1 heterocycles. The molecule has 0 fully saturated rings. The number of esters is 1. The highest BCUT2D eigenvalue weighted by Gasteiger charge is 2.26. The lowest BCUT2D eigenvalue weighted by atomic mass is 10.0. The fourth-order valence-electron chi connectivity index (χ4n) is 3.68. The zero-order valence-corrected chi connectivity index (χ0v) is 20.5. The standard InChI is InChI=1S/C26H39N3O4/c1-26(2,3)33-25(31)28-23(24(30)32-4)18-22-19-27-20-29(22)17-13-8-6-5-7-10-14-21-15-11-9-12-16-21/h9,11-12,15-16,19-20,23H,5-8,10,13-14,17-18H2,1-4H3,(H,28,31)/t23-/m0/s1. The Kier molecular flexibility index (Phi) is 10.9. The summed E-state index contributed by atoms with van der Waals surface area (Å²) >= 11 is 0. The van der Waals surface area contributed by atoms with Gasteiger partial charge in [-0.1, -0.05) is 56.0 Å². The Balaban J connectivity index is 1.72. The number of imidazole rings is 1. The molecular weight excluding hydrogens is 418 g/mol. The SMILES string of the molecule is COC(=O)[C@H](Cc1cncn1CCCCCCCCc1ccccc1)NC(=O)OC(C)(C)C. The lowest BCUT2D eigenvalue weighted by Gasteiger charge is -2.22. The number of carbonyl (C=O) groups excluding carboxylic acids is 2. The third-order valence-electron chi connectivity index (χ3n) is 5.35. The number of ether oxygens (including phenoxy) is 2. The van der Waals surface area contributed by atoms with Gasteiger partial charge in [0.15, 0.2) is 0 Å². The van der Waals surface area contributed by atoms with E-state index < -0.39 is 23.7 Å². The minimum atomic E-state index is -0.829. The lowest BCUT2D eigenvalue weighted by molar-refractivity contribution is -0.143. The van der Waals surface area contributed by atoms with E-state index in [-0.39, 0.29) is 0 Å². The maximum Gasteiger partial charge on any atom is 0.408 e. The van der Waals surface area contributed by atoms with Crippen molar-refractivity contribution in [1.82, 2.24) is 14.9 Å². The maximum atomic E-state index is 12.2. The van der Waals surface area contributed by atoms with Crippen LogP contribution in [0, 0.1) is 0 Å². The number of nitrogens with one attached hydrogen (secondary N) is 1. The minimum Gasteiger partial charge on any atom is -0.467 e. The van der Waals surface area contributed by atoms with Gasteiger partial charge in [-0.25, -0.2) is 14.6 Å². The molecule has 7 nitrogen and oxygen atoms in total. The fourth-order valence-corrected chi connectivity index (χ4v) is 3.68. The summed E-state index contributed by atoms with van der Waals surface area (Å²) in [6.45, 7) is 6.16. The minimum absolute atomic E-state index is 0.297. The molecule has 0 aliphatic carbocycles. The van der Waals surface area contributed by atoms with E-state index in [1.165, 1.54) is 38.4 Å². The highest BCUT2D eigenvalue weighted by molar-refractivity contribution is 5.81. The number of amides is 1. The highest BCUT2D eigenvalue weighted by atomic mass is 16.6. The number of hydrogen-bond acceptors (Lipinski definition) is 5. The van der Waals surface area contributed by atoms with Gasteiger partial charge in [0.05, 0.1) is 13.4 Å². The second-order valence-electron chi connectivity index (χ2n) is 9.36. The molecule has 7 heteroatoms. The Morgan fingerprint density at radius 1 is 1.03 bits per heavy atom. The topological polar surface area (TPSA) is 82.5 Å². The Hall–Kier alpha value is -2.83. The molecular formula is C26H39N3O4. The lowest BCUT2D eigenvalue weighted by Crippen LogP contribution is -2.45. The Morgan fingerprint density at radius 2 is 1.70 bits per heavy atom. The van der Waals surface area contributed by atoms with Gasteiger partial charge in [-0.2, -0.15) is 0 Å².